The van der Waals surface area contributed by atoms with Crippen LogP contribution in [-0.4, -0.2) is 24.2 Å². The second-order valence-corrected chi connectivity index (χ2v) is 7.32. The van der Waals surface area contributed by atoms with Crippen molar-refractivity contribution in [2.24, 2.45) is 16.7 Å². The zero-order valence-electron chi connectivity index (χ0n) is 12.4. The van der Waals surface area contributed by atoms with E-state index < -0.39 is 0 Å². The molecule has 0 aromatic rings. The van der Waals surface area contributed by atoms with E-state index in [9.17, 15) is 4.79 Å². The number of amides is 1. The molecule has 1 amide bonds. The van der Waals surface area contributed by atoms with Gasteiger partial charge in [0, 0.05) is 19.6 Å². The van der Waals surface area contributed by atoms with Crippen molar-refractivity contribution in [1.82, 2.24) is 5.32 Å². The van der Waals surface area contributed by atoms with Crippen LogP contribution in [0.5, 0.6) is 0 Å². The highest BCUT2D eigenvalue weighted by molar-refractivity contribution is 5.76. The van der Waals surface area contributed by atoms with Crippen LogP contribution >= 0.6 is 0 Å². The molecular formula is C15H29NO2. The van der Waals surface area contributed by atoms with Crippen LogP contribution < -0.4 is 5.32 Å². The third-order valence-electron chi connectivity index (χ3n) is 3.75. The number of aliphatic hydroxyl groups is 1. The molecule has 18 heavy (non-hydrogen) atoms. The molecule has 1 saturated carbocycles. The Bertz CT molecular complexity index is 277. The minimum absolute atomic E-state index is 0.163. The first-order valence-electron chi connectivity index (χ1n) is 7.14. The van der Waals surface area contributed by atoms with Gasteiger partial charge in [0.25, 0.3) is 0 Å². The highest BCUT2D eigenvalue weighted by Gasteiger charge is 2.41. The summed E-state index contributed by atoms with van der Waals surface area (Å²) in [7, 11) is 0. The summed E-state index contributed by atoms with van der Waals surface area (Å²) in [5.41, 5.74) is 0.506. The van der Waals surface area contributed by atoms with Crippen molar-refractivity contribution in [2.45, 2.75) is 59.8 Å². The van der Waals surface area contributed by atoms with E-state index in [2.05, 4.69) is 33.0 Å². The van der Waals surface area contributed by atoms with Crippen molar-refractivity contribution < 1.29 is 9.90 Å². The Hall–Kier alpha value is -0.570. The molecule has 1 unspecified atom stereocenters. The van der Waals surface area contributed by atoms with Gasteiger partial charge in [-0.15, -0.1) is 0 Å². The molecule has 0 heterocycles. The van der Waals surface area contributed by atoms with Gasteiger partial charge in [-0.25, -0.2) is 0 Å². The highest BCUT2D eigenvalue weighted by atomic mass is 16.3. The first kappa shape index (κ1) is 15.5. The molecule has 0 radical (unpaired) electrons. The number of carbonyl (C=O) groups excluding carboxylic acids is 1. The molecule has 0 aliphatic heterocycles. The topological polar surface area (TPSA) is 49.3 Å². The Morgan fingerprint density at radius 3 is 2.44 bits per heavy atom. The summed E-state index contributed by atoms with van der Waals surface area (Å²) < 4.78 is 0. The van der Waals surface area contributed by atoms with Gasteiger partial charge in [0.1, 0.15) is 0 Å². The van der Waals surface area contributed by atoms with Crippen LogP contribution in [0.25, 0.3) is 0 Å². The Labute approximate surface area is 111 Å². The Morgan fingerprint density at radius 2 is 2.00 bits per heavy atom. The largest absolute Gasteiger partial charge is 0.396 e. The van der Waals surface area contributed by atoms with Crippen molar-refractivity contribution in [2.75, 3.05) is 13.2 Å². The summed E-state index contributed by atoms with van der Waals surface area (Å²) in [4.78, 5) is 11.8. The lowest BCUT2D eigenvalue weighted by atomic mass is 9.84. The van der Waals surface area contributed by atoms with E-state index in [0.717, 1.165) is 32.2 Å². The van der Waals surface area contributed by atoms with Crippen molar-refractivity contribution in [1.29, 1.82) is 0 Å². The van der Waals surface area contributed by atoms with Gasteiger partial charge in [0.05, 0.1) is 0 Å². The van der Waals surface area contributed by atoms with Gasteiger partial charge in [-0.2, -0.15) is 0 Å². The molecule has 1 aliphatic rings. The minimum atomic E-state index is 0.163. The van der Waals surface area contributed by atoms with Crippen LogP contribution in [0.15, 0.2) is 0 Å². The summed E-state index contributed by atoms with van der Waals surface area (Å²) in [5.74, 6) is 0.592. The maximum Gasteiger partial charge on any atom is 0.220 e. The predicted octanol–water partition coefficient (Wildman–Crippen LogP) is 2.73. The maximum absolute atomic E-state index is 11.8. The third-order valence-corrected chi connectivity index (χ3v) is 3.75. The second-order valence-electron chi connectivity index (χ2n) is 7.32. The van der Waals surface area contributed by atoms with E-state index in [1.807, 2.05) is 0 Å². The standard InChI is InChI=1S/C15H29NO2/c1-12(10-14(2,3)4)9-13(18)16-11-15(5-6-15)7-8-17/h12,17H,5-11H2,1-4H3,(H,16,18). The first-order valence-corrected chi connectivity index (χ1v) is 7.14. The molecular weight excluding hydrogens is 226 g/mol. The van der Waals surface area contributed by atoms with Crippen LogP contribution in [0.3, 0.4) is 0 Å². The molecule has 106 valence electrons. The van der Waals surface area contributed by atoms with E-state index in [1.54, 1.807) is 0 Å². The summed E-state index contributed by atoms with van der Waals surface area (Å²) in [5, 5.41) is 12.0. The molecule has 3 heteroatoms. The number of carbonyl (C=O) groups is 1. The Kier molecular flexibility index (Phi) is 5.20. The molecule has 1 atom stereocenters. The van der Waals surface area contributed by atoms with Gasteiger partial charge in [0.15, 0.2) is 0 Å². The minimum Gasteiger partial charge on any atom is -0.396 e. The number of nitrogens with one attached hydrogen (secondary N) is 1. The molecule has 0 aromatic heterocycles. The maximum atomic E-state index is 11.8. The Morgan fingerprint density at radius 1 is 1.39 bits per heavy atom. The smallest absolute Gasteiger partial charge is 0.220 e. The van der Waals surface area contributed by atoms with Crippen molar-refractivity contribution >= 4 is 5.91 Å². The van der Waals surface area contributed by atoms with E-state index in [1.165, 1.54) is 0 Å². The molecule has 2 N–H and O–H groups in total. The fourth-order valence-electron chi connectivity index (χ4n) is 2.72. The molecule has 0 aromatic carbocycles. The molecule has 1 fully saturated rings. The zero-order chi connectivity index (χ0) is 13.8. The molecule has 0 bridgehead atoms. The molecule has 0 spiro atoms. The fourth-order valence-corrected chi connectivity index (χ4v) is 2.72. The van der Waals surface area contributed by atoms with Crippen molar-refractivity contribution in [3.63, 3.8) is 0 Å². The van der Waals surface area contributed by atoms with Crippen LogP contribution in [0.1, 0.15) is 59.8 Å². The number of rotatable bonds is 7. The quantitative estimate of drug-likeness (QED) is 0.735. The van der Waals surface area contributed by atoms with Crippen LogP contribution in [0.2, 0.25) is 0 Å². The van der Waals surface area contributed by atoms with Gasteiger partial charge >= 0.3 is 0 Å². The van der Waals surface area contributed by atoms with Gasteiger partial charge in [-0.3, -0.25) is 4.79 Å². The van der Waals surface area contributed by atoms with Crippen LogP contribution in [0.4, 0.5) is 0 Å². The van der Waals surface area contributed by atoms with E-state index in [0.29, 0.717) is 12.3 Å². The zero-order valence-corrected chi connectivity index (χ0v) is 12.4. The van der Waals surface area contributed by atoms with Crippen LogP contribution in [-0.2, 0) is 4.79 Å². The molecule has 3 nitrogen and oxygen atoms in total. The lowest BCUT2D eigenvalue weighted by Gasteiger charge is -2.23. The Balaban J connectivity index is 2.21. The lowest BCUT2D eigenvalue weighted by Crippen LogP contribution is -2.32. The number of hydrogen-bond donors (Lipinski definition) is 2. The summed E-state index contributed by atoms with van der Waals surface area (Å²) in [6, 6.07) is 0. The van der Waals surface area contributed by atoms with Gasteiger partial charge in [-0.05, 0) is 42.4 Å². The number of hydrogen-bond acceptors (Lipinski definition) is 2. The van der Waals surface area contributed by atoms with Crippen molar-refractivity contribution in [3.05, 3.63) is 0 Å². The lowest BCUT2D eigenvalue weighted by molar-refractivity contribution is -0.122. The molecule has 1 rings (SSSR count). The summed E-state index contributed by atoms with van der Waals surface area (Å²) >= 11 is 0. The second kappa shape index (κ2) is 6.05. The summed E-state index contributed by atoms with van der Waals surface area (Å²) in [6.45, 7) is 9.75. The van der Waals surface area contributed by atoms with E-state index >= 15 is 0 Å². The summed E-state index contributed by atoms with van der Waals surface area (Å²) in [6.07, 6.45) is 4.80. The molecule has 0 saturated heterocycles. The normalized spacial score (nSPS) is 19.4. The van der Waals surface area contributed by atoms with Gasteiger partial charge in [-0.1, -0.05) is 27.7 Å². The molecule has 1 aliphatic carbocycles. The van der Waals surface area contributed by atoms with Gasteiger partial charge in [0.2, 0.25) is 5.91 Å². The van der Waals surface area contributed by atoms with E-state index in [4.69, 9.17) is 5.11 Å². The van der Waals surface area contributed by atoms with E-state index in [-0.39, 0.29) is 23.3 Å². The van der Waals surface area contributed by atoms with Crippen molar-refractivity contribution in [3.8, 4) is 0 Å². The number of aliphatic hydroxyl groups excluding tert-OH is 1. The monoisotopic (exact) mass is 255 g/mol. The predicted molar refractivity (Wildman–Crippen MR) is 74.2 cm³/mol. The van der Waals surface area contributed by atoms with Crippen LogP contribution in [0, 0.1) is 16.7 Å². The highest BCUT2D eigenvalue weighted by Crippen LogP contribution is 2.47. The van der Waals surface area contributed by atoms with Gasteiger partial charge < -0.3 is 10.4 Å². The average molecular weight is 255 g/mol. The first-order chi connectivity index (χ1) is 8.26. The third kappa shape index (κ3) is 5.85. The SMILES string of the molecule is CC(CC(=O)NCC1(CCO)CC1)CC(C)(C)C. The fraction of sp³-hybridized carbons (Fsp3) is 0.933. The average Bonchev–Trinajstić information content (AvgIpc) is 2.93.